The van der Waals surface area contributed by atoms with Crippen molar-refractivity contribution < 1.29 is 15.1 Å². The summed E-state index contributed by atoms with van der Waals surface area (Å²) in [5.74, 6) is 0. The van der Waals surface area contributed by atoms with Gasteiger partial charge in [-0.05, 0) is 25.9 Å². The molecule has 0 spiro atoms. The van der Waals surface area contributed by atoms with Gasteiger partial charge in [0.25, 0.3) is 0 Å². The number of hydrogen-bond acceptors (Lipinski definition) is 4. The molecular formula is C5H14BNO3. The molecule has 0 aromatic heterocycles. The molecule has 1 rings (SSSR count). The van der Waals surface area contributed by atoms with Crippen molar-refractivity contribution in [2.24, 2.45) is 0 Å². The van der Waals surface area contributed by atoms with Crippen LogP contribution in [0.2, 0.25) is 0 Å². The van der Waals surface area contributed by atoms with Crippen molar-refractivity contribution in [3.05, 3.63) is 0 Å². The molecule has 10 heavy (non-hydrogen) atoms. The quantitative estimate of drug-likeness (QED) is 0.321. The Kier molecular flexibility index (Phi) is 6.95. The van der Waals surface area contributed by atoms with Crippen LogP contribution in [-0.2, 0) is 0 Å². The maximum Gasteiger partial charge on any atom is 0.631 e. The molecule has 0 aromatic rings. The summed E-state index contributed by atoms with van der Waals surface area (Å²) in [6.07, 6.45) is 4.22. The highest BCUT2D eigenvalue weighted by Crippen LogP contribution is 1.96. The molecule has 1 fully saturated rings. The number of piperidine rings is 1. The van der Waals surface area contributed by atoms with Crippen LogP contribution < -0.4 is 5.32 Å². The van der Waals surface area contributed by atoms with Gasteiger partial charge in [-0.3, -0.25) is 0 Å². The Bertz CT molecular complexity index is 53.6. The molecule has 0 saturated carbocycles. The molecule has 0 aromatic carbocycles. The molecule has 4 N–H and O–H groups in total. The van der Waals surface area contributed by atoms with Gasteiger partial charge in [-0.1, -0.05) is 6.42 Å². The molecule has 0 bridgehead atoms. The van der Waals surface area contributed by atoms with Gasteiger partial charge in [-0.15, -0.1) is 0 Å². The zero-order chi connectivity index (χ0) is 7.82. The van der Waals surface area contributed by atoms with E-state index >= 15 is 0 Å². The first-order valence-corrected chi connectivity index (χ1v) is 3.48. The second-order valence-corrected chi connectivity index (χ2v) is 2.16. The van der Waals surface area contributed by atoms with E-state index < -0.39 is 7.32 Å². The molecule has 0 aliphatic carbocycles. The lowest BCUT2D eigenvalue weighted by molar-refractivity contribution is 0.278. The fraction of sp³-hybridized carbons (Fsp3) is 1.00. The van der Waals surface area contributed by atoms with Crippen molar-refractivity contribution in [3.8, 4) is 0 Å². The number of hydrogen-bond donors (Lipinski definition) is 4. The van der Waals surface area contributed by atoms with Crippen molar-refractivity contribution in [2.45, 2.75) is 19.3 Å². The lowest BCUT2D eigenvalue weighted by Crippen LogP contribution is -2.21. The van der Waals surface area contributed by atoms with Crippen LogP contribution in [0.5, 0.6) is 0 Å². The summed E-state index contributed by atoms with van der Waals surface area (Å²) in [5, 5.41) is 24.8. The van der Waals surface area contributed by atoms with Crippen LogP contribution in [0.3, 0.4) is 0 Å². The highest BCUT2D eigenvalue weighted by atomic mass is 16.5. The van der Waals surface area contributed by atoms with E-state index in [1.54, 1.807) is 0 Å². The zero-order valence-corrected chi connectivity index (χ0v) is 5.95. The minimum absolute atomic E-state index is 1.25. The minimum atomic E-state index is -2.17. The molecule has 1 aliphatic rings. The summed E-state index contributed by atoms with van der Waals surface area (Å²) in [7, 11) is -2.17. The summed E-state index contributed by atoms with van der Waals surface area (Å²) in [4.78, 5) is 0. The van der Waals surface area contributed by atoms with E-state index in [4.69, 9.17) is 15.1 Å². The van der Waals surface area contributed by atoms with Gasteiger partial charge in [0.15, 0.2) is 0 Å². The molecule has 5 heteroatoms. The van der Waals surface area contributed by atoms with Gasteiger partial charge in [0.05, 0.1) is 0 Å². The van der Waals surface area contributed by atoms with Crippen LogP contribution in [0.25, 0.3) is 0 Å². The predicted octanol–water partition coefficient (Wildman–Crippen LogP) is -1.29. The second kappa shape index (κ2) is 7.02. The third-order valence-electron chi connectivity index (χ3n) is 1.21. The van der Waals surface area contributed by atoms with Crippen LogP contribution in [0, 0.1) is 0 Å². The maximum atomic E-state index is 7.17. The van der Waals surface area contributed by atoms with Gasteiger partial charge in [0.1, 0.15) is 0 Å². The second-order valence-electron chi connectivity index (χ2n) is 2.16. The molecule has 4 nitrogen and oxygen atoms in total. The van der Waals surface area contributed by atoms with E-state index in [1.807, 2.05) is 0 Å². The highest BCUT2D eigenvalue weighted by molar-refractivity contribution is 6.30. The lowest BCUT2D eigenvalue weighted by Gasteiger charge is -2.08. The Balaban J connectivity index is 0.000000180. The first kappa shape index (κ1) is 9.90. The minimum Gasteiger partial charge on any atom is -0.402 e. The van der Waals surface area contributed by atoms with E-state index in [2.05, 4.69) is 5.32 Å². The lowest BCUT2D eigenvalue weighted by atomic mass is 10.2. The van der Waals surface area contributed by atoms with Gasteiger partial charge < -0.3 is 20.4 Å². The van der Waals surface area contributed by atoms with Gasteiger partial charge >= 0.3 is 7.32 Å². The summed E-state index contributed by atoms with van der Waals surface area (Å²) >= 11 is 0. The highest BCUT2D eigenvalue weighted by Gasteiger charge is 1.93. The largest absolute Gasteiger partial charge is 0.631 e. The summed E-state index contributed by atoms with van der Waals surface area (Å²) in [6.45, 7) is 2.50. The average molecular weight is 147 g/mol. The monoisotopic (exact) mass is 147 g/mol. The molecular weight excluding hydrogens is 133 g/mol. The molecule has 1 aliphatic heterocycles. The molecule has 0 radical (unpaired) electrons. The molecule has 0 amide bonds. The van der Waals surface area contributed by atoms with Gasteiger partial charge in [-0.25, -0.2) is 0 Å². The Hall–Kier alpha value is -0.0951. The smallest absolute Gasteiger partial charge is 0.402 e. The van der Waals surface area contributed by atoms with Crippen molar-refractivity contribution in [1.29, 1.82) is 0 Å². The average Bonchev–Trinajstić information content (AvgIpc) is 1.90. The third kappa shape index (κ3) is 10.8. The Morgan fingerprint density at radius 1 is 0.900 bits per heavy atom. The summed E-state index contributed by atoms with van der Waals surface area (Å²) < 4.78 is 0. The Morgan fingerprint density at radius 3 is 1.40 bits per heavy atom. The van der Waals surface area contributed by atoms with Crippen LogP contribution in [0.1, 0.15) is 19.3 Å². The fourth-order valence-corrected chi connectivity index (χ4v) is 0.802. The summed E-state index contributed by atoms with van der Waals surface area (Å²) in [6, 6.07) is 0. The first-order chi connectivity index (χ1) is 4.73. The number of nitrogens with one attached hydrogen (secondary N) is 1. The molecule has 0 unspecified atom stereocenters. The van der Waals surface area contributed by atoms with Crippen molar-refractivity contribution in [3.63, 3.8) is 0 Å². The first-order valence-electron chi connectivity index (χ1n) is 3.48. The normalized spacial score (nSPS) is 17.1. The van der Waals surface area contributed by atoms with Crippen molar-refractivity contribution in [1.82, 2.24) is 5.32 Å². The number of rotatable bonds is 0. The fourth-order valence-electron chi connectivity index (χ4n) is 0.802. The van der Waals surface area contributed by atoms with Crippen LogP contribution >= 0.6 is 0 Å². The zero-order valence-electron chi connectivity index (χ0n) is 5.95. The van der Waals surface area contributed by atoms with E-state index in [-0.39, 0.29) is 0 Å². The molecule has 1 heterocycles. The van der Waals surface area contributed by atoms with Crippen molar-refractivity contribution >= 4 is 7.32 Å². The summed E-state index contributed by atoms with van der Waals surface area (Å²) in [5.41, 5.74) is 0. The predicted molar refractivity (Wildman–Crippen MR) is 39.1 cm³/mol. The van der Waals surface area contributed by atoms with Gasteiger partial charge in [-0.2, -0.15) is 0 Å². The van der Waals surface area contributed by atoms with Gasteiger partial charge in [0, 0.05) is 0 Å². The Labute approximate surface area is 61.1 Å². The molecule has 1 saturated heterocycles. The molecule has 60 valence electrons. The van der Waals surface area contributed by atoms with Crippen molar-refractivity contribution in [2.75, 3.05) is 13.1 Å². The Morgan fingerprint density at radius 2 is 1.30 bits per heavy atom. The van der Waals surface area contributed by atoms with Crippen LogP contribution in [0.4, 0.5) is 0 Å². The van der Waals surface area contributed by atoms with E-state index in [0.29, 0.717) is 0 Å². The van der Waals surface area contributed by atoms with E-state index in [0.717, 1.165) is 0 Å². The maximum absolute atomic E-state index is 7.17. The standard InChI is InChI=1S/C5H11N.BH3O3/c1-2-4-6-5-3-1;2-1(3)4/h6H,1-5H2;2-4H. The topological polar surface area (TPSA) is 72.7 Å². The van der Waals surface area contributed by atoms with Crippen LogP contribution in [-0.4, -0.2) is 35.5 Å². The SMILES string of the molecule is C1CCNCC1.OB(O)O. The third-order valence-corrected chi connectivity index (χ3v) is 1.21. The molecule has 0 atom stereocenters. The van der Waals surface area contributed by atoms with E-state index in [1.165, 1.54) is 32.4 Å². The van der Waals surface area contributed by atoms with Crippen LogP contribution in [0.15, 0.2) is 0 Å². The van der Waals surface area contributed by atoms with Gasteiger partial charge in [0.2, 0.25) is 0 Å². The van der Waals surface area contributed by atoms with E-state index in [9.17, 15) is 0 Å².